The van der Waals surface area contributed by atoms with Crippen LogP contribution in [0.3, 0.4) is 0 Å². The summed E-state index contributed by atoms with van der Waals surface area (Å²) in [7, 11) is 0. The Morgan fingerprint density at radius 2 is 1.79 bits per heavy atom. The van der Waals surface area contributed by atoms with Gasteiger partial charge in [0.25, 0.3) is 5.69 Å². The second kappa shape index (κ2) is 5.97. The van der Waals surface area contributed by atoms with Gasteiger partial charge in [0.2, 0.25) is 0 Å². The number of benzene rings is 2. The molecular weight excluding hydrogens is 244 g/mol. The zero-order chi connectivity index (χ0) is 13.7. The molecule has 2 aromatic rings. The van der Waals surface area contributed by atoms with E-state index in [0.29, 0.717) is 13.2 Å². The molecule has 0 heterocycles. The van der Waals surface area contributed by atoms with Crippen molar-refractivity contribution in [2.24, 2.45) is 5.73 Å². The average molecular weight is 258 g/mol. The van der Waals surface area contributed by atoms with Crippen molar-refractivity contribution in [2.45, 2.75) is 13.2 Å². The molecule has 5 heteroatoms. The van der Waals surface area contributed by atoms with Crippen LogP contribution in [0.1, 0.15) is 11.1 Å². The number of ether oxygens (including phenoxy) is 1. The summed E-state index contributed by atoms with van der Waals surface area (Å²) in [6, 6.07) is 13.8. The minimum atomic E-state index is -0.422. The highest BCUT2D eigenvalue weighted by molar-refractivity contribution is 5.35. The fourth-order valence-electron chi connectivity index (χ4n) is 1.69. The van der Waals surface area contributed by atoms with Crippen molar-refractivity contribution in [3.8, 4) is 5.75 Å². The first-order valence-electron chi connectivity index (χ1n) is 5.85. The second-order valence-electron chi connectivity index (χ2n) is 4.02. The lowest BCUT2D eigenvalue weighted by molar-refractivity contribution is -0.384. The highest BCUT2D eigenvalue weighted by Gasteiger charge is 2.05. The maximum atomic E-state index is 10.5. The maximum Gasteiger partial charge on any atom is 0.269 e. The van der Waals surface area contributed by atoms with Crippen LogP contribution >= 0.6 is 0 Å². The Bertz CT molecular complexity index is 567. The summed E-state index contributed by atoms with van der Waals surface area (Å²) in [6.45, 7) is 0.769. The predicted octanol–water partition coefficient (Wildman–Crippen LogP) is 2.63. The summed E-state index contributed by atoms with van der Waals surface area (Å²) in [6.07, 6.45) is 0. The van der Waals surface area contributed by atoms with E-state index in [1.54, 1.807) is 12.1 Å². The largest absolute Gasteiger partial charge is 0.489 e. The molecule has 2 aromatic carbocycles. The van der Waals surface area contributed by atoms with Crippen LogP contribution < -0.4 is 10.5 Å². The first-order valence-corrected chi connectivity index (χ1v) is 5.85. The van der Waals surface area contributed by atoms with Gasteiger partial charge in [-0.2, -0.15) is 0 Å². The van der Waals surface area contributed by atoms with Crippen molar-refractivity contribution < 1.29 is 9.66 Å². The fourth-order valence-corrected chi connectivity index (χ4v) is 1.69. The van der Waals surface area contributed by atoms with Crippen molar-refractivity contribution in [1.29, 1.82) is 0 Å². The SMILES string of the molecule is NCc1ccccc1OCc1ccc([N+](=O)[O-])cc1. The Kier molecular flexibility index (Phi) is 4.10. The molecule has 0 aliphatic carbocycles. The number of hydrogen-bond acceptors (Lipinski definition) is 4. The molecule has 0 unspecified atom stereocenters. The number of nitrogens with two attached hydrogens (primary N) is 1. The van der Waals surface area contributed by atoms with Crippen LogP contribution in [0, 0.1) is 10.1 Å². The Labute approximate surface area is 110 Å². The molecule has 0 aliphatic rings. The third-order valence-electron chi connectivity index (χ3n) is 2.73. The monoisotopic (exact) mass is 258 g/mol. The van der Waals surface area contributed by atoms with Gasteiger partial charge in [-0.1, -0.05) is 18.2 Å². The standard InChI is InChI=1S/C14H14N2O3/c15-9-12-3-1-2-4-14(12)19-10-11-5-7-13(8-6-11)16(17)18/h1-8H,9-10,15H2. The Morgan fingerprint density at radius 1 is 1.11 bits per heavy atom. The van der Waals surface area contributed by atoms with Crippen LogP contribution in [0.15, 0.2) is 48.5 Å². The van der Waals surface area contributed by atoms with Crippen LogP contribution in [0.25, 0.3) is 0 Å². The van der Waals surface area contributed by atoms with Crippen LogP contribution in [0.4, 0.5) is 5.69 Å². The fraction of sp³-hybridized carbons (Fsp3) is 0.143. The minimum Gasteiger partial charge on any atom is -0.489 e. The Balaban J connectivity index is 2.04. The second-order valence-corrected chi connectivity index (χ2v) is 4.02. The lowest BCUT2D eigenvalue weighted by Crippen LogP contribution is -2.02. The van der Waals surface area contributed by atoms with Gasteiger partial charge in [0.05, 0.1) is 4.92 Å². The van der Waals surface area contributed by atoms with E-state index in [1.807, 2.05) is 24.3 Å². The van der Waals surface area contributed by atoms with Gasteiger partial charge >= 0.3 is 0 Å². The lowest BCUT2D eigenvalue weighted by Gasteiger charge is -2.10. The number of para-hydroxylation sites is 1. The van der Waals surface area contributed by atoms with Gasteiger partial charge in [-0.05, 0) is 23.8 Å². The molecule has 0 fully saturated rings. The molecule has 0 saturated carbocycles. The van der Waals surface area contributed by atoms with Gasteiger partial charge in [0.15, 0.2) is 0 Å². The summed E-state index contributed by atoms with van der Waals surface area (Å²) in [4.78, 5) is 10.1. The summed E-state index contributed by atoms with van der Waals surface area (Å²) >= 11 is 0. The molecular formula is C14H14N2O3. The number of rotatable bonds is 5. The molecule has 0 amide bonds. The van der Waals surface area contributed by atoms with Crippen molar-refractivity contribution in [3.05, 3.63) is 69.8 Å². The van der Waals surface area contributed by atoms with E-state index in [-0.39, 0.29) is 5.69 Å². The summed E-state index contributed by atoms with van der Waals surface area (Å²) in [5, 5.41) is 10.5. The summed E-state index contributed by atoms with van der Waals surface area (Å²) in [5.41, 5.74) is 7.50. The third-order valence-corrected chi connectivity index (χ3v) is 2.73. The molecule has 2 rings (SSSR count). The molecule has 0 bridgehead atoms. The minimum absolute atomic E-state index is 0.0751. The van der Waals surface area contributed by atoms with Gasteiger partial charge in [-0.15, -0.1) is 0 Å². The molecule has 19 heavy (non-hydrogen) atoms. The van der Waals surface area contributed by atoms with E-state index in [9.17, 15) is 10.1 Å². The van der Waals surface area contributed by atoms with Crippen molar-refractivity contribution in [2.75, 3.05) is 0 Å². The summed E-state index contributed by atoms with van der Waals surface area (Å²) in [5.74, 6) is 0.739. The molecule has 2 N–H and O–H groups in total. The van der Waals surface area contributed by atoms with E-state index in [4.69, 9.17) is 10.5 Å². The molecule has 0 radical (unpaired) electrons. The quantitative estimate of drug-likeness (QED) is 0.660. The topological polar surface area (TPSA) is 78.4 Å². The number of nitrogens with zero attached hydrogens (tertiary/aromatic N) is 1. The predicted molar refractivity (Wildman–Crippen MR) is 71.8 cm³/mol. The van der Waals surface area contributed by atoms with Crippen molar-refractivity contribution in [3.63, 3.8) is 0 Å². The van der Waals surface area contributed by atoms with E-state index in [0.717, 1.165) is 16.9 Å². The van der Waals surface area contributed by atoms with Gasteiger partial charge in [-0.25, -0.2) is 0 Å². The maximum absolute atomic E-state index is 10.5. The third kappa shape index (κ3) is 3.29. The molecule has 0 spiro atoms. The van der Waals surface area contributed by atoms with Crippen molar-refractivity contribution in [1.82, 2.24) is 0 Å². The Hall–Kier alpha value is -2.40. The van der Waals surface area contributed by atoms with Crippen LogP contribution in [-0.4, -0.2) is 4.92 Å². The highest BCUT2D eigenvalue weighted by Crippen LogP contribution is 2.19. The molecule has 0 atom stereocenters. The van der Waals surface area contributed by atoms with E-state index in [1.165, 1.54) is 12.1 Å². The van der Waals surface area contributed by atoms with Crippen LogP contribution in [0.5, 0.6) is 5.75 Å². The number of nitro benzene ring substituents is 1. The molecule has 0 aromatic heterocycles. The van der Waals surface area contributed by atoms with E-state index in [2.05, 4.69) is 0 Å². The average Bonchev–Trinajstić information content (AvgIpc) is 2.45. The van der Waals surface area contributed by atoms with Gasteiger partial charge in [-0.3, -0.25) is 10.1 Å². The normalized spacial score (nSPS) is 10.2. The Morgan fingerprint density at radius 3 is 2.42 bits per heavy atom. The van der Waals surface area contributed by atoms with E-state index >= 15 is 0 Å². The smallest absolute Gasteiger partial charge is 0.269 e. The zero-order valence-corrected chi connectivity index (χ0v) is 10.3. The van der Waals surface area contributed by atoms with Crippen LogP contribution in [0.2, 0.25) is 0 Å². The molecule has 0 aliphatic heterocycles. The number of nitro groups is 1. The van der Waals surface area contributed by atoms with Gasteiger partial charge in [0.1, 0.15) is 12.4 Å². The zero-order valence-electron chi connectivity index (χ0n) is 10.3. The molecule has 5 nitrogen and oxygen atoms in total. The highest BCUT2D eigenvalue weighted by atomic mass is 16.6. The van der Waals surface area contributed by atoms with Crippen LogP contribution in [-0.2, 0) is 13.2 Å². The van der Waals surface area contributed by atoms with E-state index < -0.39 is 4.92 Å². The summed E-state index contributed by atoms with van der Waals surface area (Å²) < 4.78 is 5.66. The van der Waals surface area contributed by atoms with Crippen molar-refractivity contribution >= 4 is 5.69 Å². The molecule has 98 valence electrons. The van der Waals surface area contributed by atoms with Gasteiger partial charge in [0, 0.05) is 24.2 Å². The molecule has 0 saturated heterocycles. The number of hydrogen-bond donors (Lipinski definition) is 1. The number of non-ortho nitro benzene ring substituents is 1. The first kappa shape index (κ1) is 13.0. The van der Waals surface area contributed by atoms with Gasteiger partial charge < -0.3 is 10.5 Å². The first-order chi connectivity index (χ1) is 9.20. The lowest BCUT2D eigenvalue weighted by atomic mass is 10.2.